The van der Waals surface area contributed by atoms with E-state index in [2.05, 4.69) is 5.32 Å². The number of halogens is 2. The van der Waals surface area contributed by atoms with Gasteiger partial charge in [0.25, 0.3) is 0 Å². The second-order valence-corrected chi connectivity index (χ2v) is 8.01. The van der Waals surface area contributed by atoms with Crippen LogP contribution in [0.1, 0.15) is 11.6 Å². The number of carbonyl (C=O) groups is 1. The van der Waals surface area contributed by atoms with Crippen molar-refractivity contribution < 1.29 is 13.2 Å². The van der Waals surface area contributed by atoms with Gasteiger partial charge in [0.2, 0.25) is 15.9 Å². The zero-order valence-corrected chi connectivity index (χ0v) is 15.4. The number of anilines is 1. The molecule has 8 heteroatoms. The zero-order chi connectivity index (χ0) is 17.9. The van der Waals surface area contributed by atoms with Crippen LogP contribution in [0.15, 0.2) is 48.5 Å². The second kappa shape index (κ2) is 7.53. The number of carbonyl (C=O) groups excluding carboxylic acids is 1. The Kier molecular flexibility index (Phi) is 5.87. The Morgan fingerprint density at radius 2 is 1.71 bits per heavy atom. The summed E-state index contributed by atoms with van der Waals surface area (Å²) in [5.41, 5.74) is 0.859. The molecule has 0 fully saturated rings. The number of hydrogen-bond acceptors (Lipinski definition) is 3. The van der Waals surface area contributed by atoms with Gasteiger partial charge in [-0.2, -0.15) is 4.31 Å². The van der Waals surface area contributed by atoms with Crippen LogP contribution in [0.25, 0.3) is 0 Å². The van der Waals surface area contributed by atoms with Crippen molar-refractivity contribution in [1.29, 1.82) is 0 Å². The molecule has 0 spiro atoms. The SMILES string of the molecule is CN(C(C(=O)Nc1cccc(Cl)c1Cl)c1ccccc1)S(C)(=O)=O. The van der Waals surface area contributed by atoms with Crippen LogP contribution in [0.4, 0.5) is 5.69 Å². The fourth-order valence-corrected chi connectivity index (χ4v) is 3.10. The fourth-order valence-electron chi connectivity index (χ4n) is 2.15. The number of hydrogen-bond donors (Lipinski definition) is 1. The topological polar surface area (TPSA) is 66.5 Å². The molecule has 0 aliphatic rings. The lowest BCUT2D eigenvalue weighted by atomic mass is 10.1. The summed E-state index contributed by atoms with van der Waals surface area (Å²) in [5.74, 6) is -0.529. The van der Waals surface area contributed by atoms with Crippen molar-refractivity contribution in [1.82, 2.24) is 4.31 Å². The Morgan fingerprint density at radius 3 is 2.29 bits per heavy atom. The molecule has 1 amide bonds. The third-order valence-corrected chi connectivity index (χ3v) is 5.54. The highest BCUT2D eigenvalue weighted by Crippen LogP contribution is 2.31. The number of nitrogens with zero attached hydrogens (tertiary/aromatic N) is 1. The predicted molar refractivity (Wildman–Crippen MR) is 96.9 cm³/mol. The smallest absolute Gasteiger partial charge is 0.247 e. The summed E-state index contributed by atoms with van der Waals surface area (Å²) >= 11 is 12.0. The van der Waals surface area contributed by atoms with Crippen molar-refractivity contribution in [3.05, 3.63) is 64.1 Å². The predicted octanol–water partition coefficient (Wildman–Crippen LogP) is 3.56. The lowest BCUT2D eigenvalue weighted by Crippen LogP contribution is -2.38. The van der Waals surface area contributed by atoms with Crippen LogP contribution in [0.5, 0.6) is 0 Å². The van der Waals surface area contributed by atoms with E-state index in [0.29, 0.717) is 16.3 Å². The monoisotopic (exact) mass is 386 g/mol. The summed E-state index contributed by atoms with van der Waals surface area (Å²) < 4.78 is 24.9. The van der Waals surface area contributed by atoms with Crippen molar-refractivity contribution in [2.75, 3.05) is 18.6 Å². The van der Waals surface area contributed by atoms with E-state index in [9.17, 15) is 13.2 Å². The third kappa shape index (κ3) is 4.27. The summed E-state index contributed by atoms with van der Waals surface area (Å²) in [6.07, 6.45) is 1.04. The number of sulfonamides is 1. The summed E-state index contributed by atoms with van der Waals surface area (Å²) in [6.45, 7) is 0. The van der Waals surface area contributed by atoms with Gasteiger partial charge < -0.3 is 5.32 Å². The molecule has 128 valence electrons. The molecule has 0 aliphatic heterocycles. The average Bonchev–Trinajstić information content (AvgIpc) is 2.52. The van der Waals surface area contributed by atoms with E-state index in [0.717, 1.165) is 10.6 Å². The van der Waals surface area contributed by atoms with E-state index in [1.807, 2.05) is 0 Å². The highest BCUT2D eigenvalue weighted by molar-refractivity contribution is 7.88. The molecular formula is C16H16Cl2N2O3S. The Hall–Kier alpha value is -1.60. The molecule has 1 unspecified atom stereocenters. The van der Waals surface area contributed by atoms with Crippen LogP contribution >= 0.6 is 23.2 Å². The van der Waals surface area contributed by atoms with E-state index in [4.69, 9.17) is 23.2 Å². The van der Waals surface area contributed by atoms with Gasteiger partial charge >= 0.3 is 0 Å². The van der Waals surface area contributed by atoms with Gasteiger partial charge in [-0.15, -0.1) is 0 Å². The number of nitrogens with one attached hydrogen (secondary N) is 1. The van der Waals surface area contributed by atoms with Crippen molar-refractivity contribution in [2.45, 2.75) is 6.04 Å². The van der Waals surface area contributed by atoms with E-state index in [1.165, 1.54) is 7.05 Å². The largest absolute Gasteiger partial charge is 0.323 e. The third-order valence-electron chi connectivity index (χ3n) is 3.46. The first-order chi connectivity index (χ1) is 11.2. The second-order valence-electron chi connectivity index (χ2n) is 5.18. The first kappa shape index (κ1) is 18.7. The van der Waals surface area contributed by atoms with Gasteiger partial charge in [-0.1, -0.05) is 59.6 Å². The van der Waals surface area contributed by atoms with Crippen LogP contribution in [-0.4, -0.2) is 31.9 Å². The maximum absolute atomic E-state index is 12.7. The minimum absolute atomic E-state index is 0.196. The Morgan fingerprint density at radius 1 is 1.08 bits per heavy atom. The van der Waals surface area contributed by atoms with Crippen molar-refractivity contribution >= 4 is 44.8 Å². The molecule has 0 aliphatic carbocycles. The highest BCUT2D eigenvalue weighted by Gasteiger charge is 2.31. The van der Waals surface area contributed by atoms with Gasteiger partial charge in [0.1, 0.15) is 6.04 Å². The quantitative estimate of drug-likeness (QED) is 0.853. The molecule has 1 atom stereocenters. The first-order valence-electron chi connectivity index (χ1n) is 6.94. The van der Waals surface area contributed by atoms with E-state index in [-0.39, 0.29) is 5.02 Å². The molecular weight excluding hydrogens is 371 g/mol. The molecule has 2 rings (SSSR count). The van der Waals surface area contributed by atoms with Crippen molar-refractivity contribution in [2.24, 2.45) is 0 Å². The number of amides is 1. The van der Waals surface area contributed by atoms with Crippen LogP contribution in [0.2, 0.25) is 10.0 Å². The highest BCUT2D eigenvalue weighted by atomic mass is 35.5. The molecule has 0 radical (unpaired) electrons. The van der Waals surface area contributed by atoms with E-state index >= 15 is 0 Å². The molecule has 0 saturated carbocycles. The van der Waals surface area contributed by atoms with Gasteiger partial charge in [-0.3, -0.25) is 4.79 Å². The van der Waals surface area contributed by atoms with Crippen LogP contribution in [-0.2, 0) is 14.8 Å². The summed E-state index contributed by atoms with van der Waals surface area (Å²) in [5, 5.41) is 3.13. The van der Waals surface area contributed by atoms with Gasteiger partial charge in [0.15, 0.2) is 0 Å². The first-order valence-corrected chi connectivity index (χ1v) is 9.55. The Bertz CT molecular complexity index is 842. The summed E-state index contributed by atoms with van der Waals surface area (Å²) in [7, 11) is -2.24. The number of benzene rings is 2. The molecule has 2 aromatic rings. The van der Waals surface area contributed by atoms with E-state index in [1.54, 1.807) is 48.5 Å². The van der Waals surface area contributed by atoms with Crippen molar-refractivity contribution in [3.63, 3.8) is 0 Å². The maximum atomic E-state index is 12.7. The molecule has 24 heavy (non-hydrogen) atoms. The minimum Gasteiger partial charge on any atom is -0.323 e. The molecule has 0 heterocycles. The standard InChI is InChI=1S/C16H16Cl2N2O3S/c1-20(24(2,22)23)15(11-7-4-3-5-8-11)16(21)19-13-10-6-9-12(17)14(13)18/h3-10,15H,1-2H3,(H,19,21). The number of rotatable bonds is 5. The van der Waals surface area contributed by atoms with Gasteiger partial charge in [0.05, 0.1) is 22.0 Å². The van der Waals surface area contributed by atoms with Crippen LogP contribution in [0.3, 0.4) is 0 Å². The Balaban J connectivity index is 2.40. The molecule has 0 bridgehead atoms. The van der Waals surface area contributed by atoms with Crippen molar-refractivity contribution in [3.8, 4) is 0 Å². The molecule has 2 aromatic carbocycles. The maximum Gasteiger partial charge on any atom is 0.247 e. The molecule has 0 aromatic heterocycles. The van der Waals surface area contributed by atoms with E-state index < -0.39 is 22.0 Å². The lowest BCUT2D eigenvalue weighted by molar-refractivity contribution is -0.119. The minimum atomic E-state index is -3.59. The van der Waals surface area contributed by atoms with Gasteiger partial charge in [-0.05, 0) is 17.7 Å². The zero-order valence-electron chi connectivity index (χ0n) is 13.0. The Labute approximate surface area is 151 Å². The fraction of sp³-hybridized carbons (Fsp3) is 0.188. The number of likely N-dealkylation sites (N-methyl/N-ethyl adjacent to an activating group) is 1. The normalized spacial score (nSPS) is 12.9. The van der Waals surface area contributed by atoms with Crippen LogP contribution in [0, 0.1) is 0 Å². The van der Waals surface area contributed by atoms with Gasteiger partial charge in [-0.25, -0.2) is 8.42 Å². The lowest BCUT2D eigenvalue weighted by Gasteiger charge is -2.25. The molecule has 5 nitrogen and oxygen atoms in total. The molecule has 0 saturated heterocycles. The van der Waals surface area contributed by atoms with Gasteiger partial charge in [0, 0.05) is 7.05 Å². The van der Waals surface area contributed by atoms with Crippen LogP contribution < -0.4 is 5.32 Å². The average molecular weight is 387 g/mol. The summed E-state index contributed by atoms with van der Waals surface area (Å²) in [4.78, 5) is 12.7. The molecule has 1 N–H and O–H groups in total. The summed E-state index contributed by atoms with van der Waals surface area (Å²) in [6, 6.07) is 12.4.